The predicted molar refractivity (Wildman–Crippen MR) is 130 cm³/mol. The number of aliphatic hydroxyl groups is 2. The second-order valence-electron chi connectivity index (χ2n) is 8.79. The molecule has 6 nitrogen and oxygen atoms in total. The third-order valence-corrected chi connectivity index (χ3v) is 6.44. The Bertz CT molecular complexity index is 1220. The lowest BCUT2D eigenvalue weighted by Gasteiger charge is -2.37. The number of nitrogens with one attached hydrogen (secondary N) is 1. The monoisotopic (exact) mass is 502 g/mol. The summed E-state index contributed by atoms with van der Waals surface area (Å²) in [5.74, 6) is -1.11. The lowest BCUT2D eigenvalue weighted by molar-refractivity contribution is -0.102. The fraction of sp³-hybridized carbons (Fsp3) is 0.370. The lowest BCUT2D eigenvalue weighted by atomic mass is 9.92. The first-order valence-corrected chi connectivity index (χ1v) is 11.8. The zero-order valence-electron chi connectivity index (χ0n) is 19.8. The zero-order chi connectivity index (χ0) is 25.7. The highest BCUT2D eigenvalue weighted by Crippen LogP contribution is 2.33. The Morgan fingerprint density at radius 1 is 1.17 bits per heavy atom. The first kappa shape index (κ1) is 26.1. The van der Waals surface area contributed by atoms with Gasteiger partial charge in [-0.05, 0) is 49.2 Å². The van der Waals surface area contributed by atoms with E-state index in [0.29, 0.717) is 36.0 Å². The van der Waals surface area contributed by atoms with Gasteiger partial charge in [-0.25, -0.2) is 13.2 Å². The number of pyridine rings is 1. The summed E-state index contributed by atoms with van der Waals surface area (Å²) in [5, 5.41) is 24.5. The molecule has 36 heavy (non-hydrogen) atoms. The summed E-state index contributed by atoms with van der Waals surface area (Å²) >= 11 is 0. The van der Waals surface area contributed by atoms with E-state index in [1.807, 2.05) is 0 Å². The van der Waals surface area contributed by atoms with Crippen LogP contribution in [0.25, 0.3) is 17.0 Å². The van der Waals surface area contributed by atoms with Crippen LogP contribution >= 0.6 is 0 Å². The van der Waals surface area contributed by atoms with Gasteiger partial charge in [0.05, 0.1) is 43.7 Å². The van der Waals surface area contributed by atoms with Crippen molar-refractivity contribution in [3.05, 3.63) is 77.2 Å². The van der Waals surface area contributed by atoms with Crippen molar-refractivity contribution in [1.82, 2.24) is 10.3 Å². The number of methoxy groups -OCH3 is 1. The van der Waals surface area contributed by atoms with Gasteiger partial charge in [0.15, 0.2) is 0 Å². The summed E-state index contributed by atoms with van der Waals surface area (Å²) in [6, 6.07) is 8.15. The van der Waals surface area contributed by atoms with Gasteiger partial charge in [-0.15, -0.1) is 0 Å². The van der Waals surface area contributed by atoms with E-state index in [4.69, 9.17) is 9.47 Å². The van der Waals surface area contributed by atoms with Gasteiger partial charge in [-0.1, -0.05) is 12.2 Å². The summed E-state index contributed by atoms with van der Waals surface area (Å²) < 4.78 is 53.0. The van der Waals surface area contributed by atoms with E-state index in [2.05, 4.69) is 10.3 Å². The molecule has 2 aromatic carbocycles. The van der Waals surface area contributed by atoms with Crippen LogP contribution in [0.2, 0.25) is 0 Å². The number of nitrogens with zero attached hydrogens (tertiary/aromatic N) is 1. The molecule has 4 atom stereocenters. The average Bonchev–Trinajstić information content (AvgIpc) is 2.88. The quantitative estimate of drug-likeness (QED) is 0.405. The molecule has 9 heteroatoms. The molecular formula is C27H29F3N2O4. The van der Waals surface area contributed by atoms with Crippen LogP contribution in [0.5, 0.6) is 5.75 Å². The van der Waals surface area contributed by atoms with Gasteiger partial charge in [0.1, 0.15) is 23.2 Å². The van der Waals surface area contributed by atoms with Crippen LogP contribution in [0.1, 0.15) is 36.5 Å². The van der Waals surface area contributed by atoms with Crippen LogP contribution in [0, 0.1) is 17.5 Å². The molecule has 0 unspecified atom stereocenters. The Morgan fingerprint density at radius 3 is 2.78 bits per heavy atom. The molecule has 1 aromatic heterocycles. The molecule has 1 aliphatic heterocycles. The van der Waals surface area contributed by atoms with Crippen molar-refractivity contribution in [2.75, 3.05) is 20.3 Å². The van der Waals surface area contributed by atoms with Crippen molar-refractivity contribution in [2.45, 2.75) is 43.6 Å². The number of hydrogen-bond acceptors (Lipinski definition) is 6. The zero-order valence-corrected chi connectivity index (χ0v) is 19.8. The maximum absolute atomic E-state index is 14.7. The number of aromatic nitrogens is 1. The van der Waals surface area contributed by atoms with E-state index in [1.54, 1.807) is 24.3 Å². The normalized spacial score (nSPS) is 21.2. The minimum atomic E-state index is -1.14. The molecule has 3 aromatic rings. The highest BCUT2D eigenvalue weighted by Gasteiger charge is 2.32. The summed E-state index contributed by atoms with van der Waals surface area (Å²) in [7, 11) is 1.51. The number of ether oxygens (including phenoxy) is 2. The minimum absolute atomic E-state index is 0.137. The maximum Gasteiger partial charge on any atom is 0.147 e. The van der Waals surface area contributed by atoms with Crippen LogP contribution in [0.3, 0.4) is 0 Å². The third kappa shape index (κ3) is 6.04. The molecule has 0 spiro atoms. The molecule has 0 amide bonds. The van der Waals surface area contributed by atoms with Gasteiger partial charge in [-0.2, -0.15) is 0 Å². The molecular weight excluding hydrogens is 473 g/mol. The second-order valence-corrected chi connectivity index (χ2v) is 8.79. The van der Waals surface area contributed by atoms with E-state index in [1.165, 1.54) is 13.2 Å². The van der Waals surface area contributed by atoms with Gasteiger partial charge in [0, 0.05) is 35.5 Å². The molecule has 0 bridgehead atoms. The summed E-state index contributed by atoms with van der Waals surface area (Å²) in [6.45, 7) is 0.125. The number of aliphatic hydroxyl groups excluding tert-OH is 2. The summed E-state index contributed by atoms with van der Waals surface area (Å²) in [6.07, 6.45) is 3.58. The number of hydrogen-bond donors (Lipinski definition) is 3. The first-order valence-electron chi connectivity index (χ1n) is 11.8. The smallest absolute Gasteiger partial charge is 0.147 e. The van der Waals surface area contributed by atoms with Crippen molar-refractivity contribution < 1.29 is 32.9 Å². The SMILES string of the molecule is COc1ccc2ncc(F)c([C@@H](O)C[C@@H]3CC[C@@H](NC/C=C/c4cc(F)ccc4F)[C@@H](CO)O3)c2c1. The Hall–Kier alpha value is -2.98. The number of fused-ring (bicyclic) bond motifs is 1. The van der Waals surface area contributed by atoms with E-state index in [-0.39, 0.29) is 36.3 Å². The van der Waals surface area contributed by atoms with Gasteiger partial charge in [0.25, 0.3) is 0 Å². The molecule has 0 radical (unpaired) electrons. The molecule has 1 fully saturated rings. The van der Waals surface area contributed by atoms with Crippen LogP contribution in [0.15, 0.2) is 48.7 Å². The fourth-order valence-corrected chi connectivity index (χ4v) is 4.59. The van der Waals surface area contributed by atoms with Crippen molar-refractivity contribution in [3.63, 3.8) is 0 Å². The van der Waals surface area contributed by atoms with E-state index >= 15 is 0 Å². The first-order chi connectivity index (χ1) is 17.4. The van der Waals surface area contributed by atoms with Crippen molar-refractivity contribution in [3.8, 4) is 5.75 Å². The molecule has 192 valence electrons. The topological polar surface area (TPSA) is 83.8 Å². The Labute approximate surface area is 207 Å². The molecule has 1 saturated heterocycles. The van der Waals surface area contributed by atoms with E-state index in [9.17, 15) is 23.4 Å². The molecule has 4 rings (SSSR count). The van der Waals surface area contributed by atoms with Gasteiger partial charge in [0.2, 0.25) is 0 Å². The lowest BCUT2D eigenvalue weighted by Crippen LogP contribution is -2.49. The number of rotatable bonds is 9. The van der Waals surface area contributed by atoms with E-state index < -0.39 is 29.7 Å². The van der Waals surface area contributed by atoms with Crippen molar-refractivity contribution in [2.24, 2.45) is 0 Å². The maximum atomic E-state index is 14.7. The van der Waals surface area contributed by atoms with Crippen LogP contribution < -0.4 is 10.1 Å². The van der Waals surface area contributed by atoms with Crippen molar-refractivity contribution in [1.29, 1.82) is 0 Å². The second kappa shape index (κ2) is 11.8. The Balaban J connectivity index is 1.37. The minimum Gasteiger partial charge on any atom is -0.497 e. The average molecular weight is 503 g/mol. The van der Waals surface area contributed by atoms with Gasteiger partial charge in [-0.3, -0.25) is 4.98 Å². The highest BCUT2D eigenvalue weighted by molar-refractivity contribution is 5.84. The molecule has 1 aliphatic rings. The summed E-state index contributed by atoms with van der Waals surface area (Å²) in [5.41, 5.74) is 0.829. The fourth-order valence-electron chi connectivity index (χ4n) is 4.59. The highest BCUT2D eigenvalue weighted by atomic mass is 19.1. The largest absolute Gasteiger partial charge is 0.497 e. The van der Waals surface area contributed by atoms with E-state index in [0.717, 1.165) is 24.4 Å². The predicted octanol–water partition coefficient (Wildman–Crippen LogP) is 4.30. The van der Waals surface area contributed by atoms with Crippen LogP contribution in [-0.4, -0.2) is 53.7 Å². The Morgan fingerprint density at radius 2 is 2.00 bits per heavy atom. The van der Waals surface area contributed by atoms with Gasteiger partial charge >= 0.3 is 0 Å². The summed E-state index contributed by atoms with van der Waals surface area (Å²) in [4.78, 5) is 4.09. The number of halogens is 3. The number of benzene rings is 2. The molecule has 0 aliphatic carbocycles. The molecule has 0 saturated carbocycles. The van der Waals surface area contributed by atoms with Crippen molar-refractivity contribution >= 4 is 17.0 Å². The van der Waals surface area contributed by atoms with Crippen LogP contribution in [0.4, 0.5) is 13.2 Å². The van der Waals surface area contributed by atoms with Crippen LogP contribution in [-0.2, 0) is 4.74 Å². The van der Waals surface area contributed by atoms with Gasteiger partial charge < -0.3 is 25.0 Å². The third-order valence-electron chi connectivity index (χ3n) is 6.44. The Kier molecular flexibility index (Phi) is 8.58. The molecule has 3 N–H and O–H groups in total. The molecule has 2 heterocycles. The standard InChI is InChI=1S/C27H29F3N2O4/c1-35-18-5-8-23-20(12-18)27(22(30)14-32-23)25(34)13-19-6-9-24(26(15-33)36-19)31-10-2-3-16-11-17(28)4-7-21(16)29/h2-5,7-8,11-12,14,19,24-26,31,33-34H,6,9-10,13,15H2,1H3/b3-2+/t19-,24+,25-,26+/m0/s1.